The Labute approximate surface area is 232 Å². The van der Waals surface area contributed by atoms with Crippen molar-refractivity contribution in [2.45, 2.75) is 45.3 Å². The lowest BCUT2D eigenvalue weighted by Gasteiger charge is -2.32. The molecule has 3 aromatic carbocycles. The van der Waals surface area contributed by atoms with Crippen LogP contribution in [0.2, 0.25) is 0 Å². The van der Waals surface area contributed by atoms with E-state index in [2.05, 4.69) is 4.98 Å². The summed E-state index contributed by atoms with van der Waals surface area (Å²) in [4.78, 5) is 45.6. The Morgan fingerprint density at radius 3 is 2.42 bits per heavy atom. The first-order valence-electron chi connectivity index (χ1n) is 13.4. The van der Waals surface area contributed by atoms with Gasteiger partial charge in [-0.05, 0) is 56.5 Å². The molecular formula is C33H32N2O5. The molecule has 0 saturated carbocycles. The van der Waals surface area contributed by atoms with Crippen LogP contribution in [0, 0.1) is 0 Å². The predicted octanol–water partition coefficient (Wildman–Crippen LogP) is 5.91. The molecule has 0 saturated heterocycles. The molecule has 1 atom stereocenters. The Hall–Kier alpha value is -4.65. The normalized spacial score (nSPS) is 12.4. The molecule has 1 N–H and O–H groups in total. The van der Waals surface area contributed by atoms with Crippen LogP contribution < -0.4 is 5.63 Å². The smallest absolute Gasteiger partial charge is 0.349 e. The largest absolute Gasteiger partial charge is 0.458 e. The second-order valence-corrected chi connectivity index (χ2v) is 10.8. The number of carbonyl (C=O) groups excluding carboxylic acids is 2. The van der Waals surface area contributed by atoms with E-state index in [4.69, 9.17) is 9.15 Å². The highest BCUT2D eigenvalue weighted by atomic mass is 16.6. The van der Waals surface area contributed by atoms with E-state index in [-0.39, 0.29) is 18.5 Å². The van der Waals surface area contributed by atoms with Crippen molar-refractivity contribution in [1.29, 1.82) is 0 Å². The highest BCUT2D eigenvalue weighted by molar-refractivity contribution is 5.99. The van der Waals surface area contributed by atoms with E-state index in [9.17, 15) is 14.4 Å². The minimum Gasteiger partial charge on any atom is -0.458 e. The number of nitrogens with zero attached hydrogens (tertiary/aromatic N) is 1. The fourth-order valence-electron chi connectivity index (χ4n) is 4.87. The van der Waals surface area contributed by atoms with E-state index in [0.717, 1.165) is 22.0 Å². The Bertz CT molecular complexity index is 1710. The van der Waals surface area contributed by atoms with Crippen LogP contribution in [0.4, 0.5) is 0 Å². The second-order valence-electron chi connectivity index (χ2n) is 10.8. The van der Waals surface area contributed by atoms with Gasteiger partial charge in [-0.2, -0.15) is 0 Å². The number of H-pyrrole nitrogens is 1. The number of nitrogens with one attached hydrogen (secondary N) is 1. The van der Waals surface area contributed by atoms with Crippen molar-refractivity contribution in [2.24, 2.45) is 0 Å². The molecule has 0 aliphatic carbocycles. The molecule has 1 amide bonds. The number of rotatable bonds is 8. The second kappa shape index (κ2) is 11.2. The van der Waals surface area contributed by atoms with Crippen molar-refractivity contribution in [3.8, 4) is 0 Å². The standard InChI is InChI=1S/C33H32N2O5/c1-33(2,3)40-32(38)28(19-22-11-5-4-6-12-22)35(18-17-24-21-34-27-15-9-8-14-25(24)27)30(36)26-20-23-13-7-10-16-29(23)39-31(26)37/h4-16,20-21,28,34H,17-19H2,1-3H3/t28-/m0/s1. The summed E-state index contributed by atoms with van der Waals surface area (Å²) in [7, 11) is 0. The van der Waals surface area contributed by atoms with Crippen LogP contribution in [0.3, 0.4) is 0 Å². The Morgan fingerprint density at radius 1 is 0.950 bits per heavy atom. The molecule has 5 aromatic rings. The summed E-state index contributed by atoms with van der Waals surface area (Å²) in [6, 6.07) is 25.0. The van der Waals surface area contributed by atoms with E-state index >= 15 is 0 Å². The van der Waals surface area contributed by atoms with Gasteiger partial charge in [0.1, 0.15) is 22.8 Å². The van der Waals surface area contributed by atoms with E-state index in [0.29, 0.717) is 17.4 Å². The minimum atomic E-state index is -0.967. The number of carbonyl (C=O) groups is 2. The number of hydrogen-bond acceptors (Lipinski definition) is 5. The number of fused-ring (bicyclic) bond motifs is 2. The number of ether oxygens (including phenoxy) is 1. The molecule has 0 spiro atoms. The van der Waals surface area contributed by atoms with Crippen LogP contribution in [0.5, 0.6) is 0 Å². The van der Waals surface area contributed by atoms with Crippen LogP contribution >= 0.6 is 0 Å². The lowest BCUT2D eigenvalue weighted by Crippen LogP contribution is -2.50. The molecule has 7 nitrogen and oxygen atoms in total. The van der Waals surface area contributed by atoms with Gasteiger partial charge in [-0.15, -0.1) is 0 Å². The van der Waals surface area contributed by atoms with Gasteiger partial charge in [-0.25, -0.2) is 9.59 Å². The quantitative estimate of drug-likeness (QED) is 0.197. The van der Waals surface area contributed by atoms with Gasteiger partial charge in [-0.1, -0.05) is 66.7 Å². The monoisotopic (exact) mass is 536 g/mol. The maximum absolute atomic E-state index is 14.2. The van der Waals surface area contributed by atoms with Crippen molar-refractivity contribution >= 4 is 33.7 Å². The van der Waals surface area contributed by atoms with E-state index in [1.165, 1.54) is 11.0 Å². The Balaban J connectivity index is 1.57. The maximum atomic E-state index is 14.2. The zero-order valence-electron chi connectivity index (χ0n) is 22.8. The number of aromatic nitrogens is 1. The Morgan fingerprint density at radius 2 is 1.65 bits per heavy atom. The third-order valence-corrected chi connectivity index (χ3v) is 6.76. The molecule has 7 heteroatoms. The van der Waals surface area contributed by atoms with Gasteiger partial charge < -0.3 is 19.0 Å². The topological polar surface area (TPSA) is 92.6 Å². The van der Waals surface area contributed by atoms with Gasteiger partial charge in [-0.3, -0.25) is 4.79 Å². The summed E-state index contributed by atoms with van der Waals surface area (Å²) in [6.07, 6.45) is 2.61. The lowest BCUT2D eigenvalue weighted by molar-refractivity contribution is -0.160. The molecule has 40 heavy (non-hydrogen) atoms. The average Bonchev–Trinajstić information content (AvgIpc) is 3.34. The van der Waals surface area contributed by atoms with Crippen LogP contribution in [0.15, 0.2) is 100 Å². The molecule has 0 fully saturated rings. The van der Waals surface area contributed by atoms with Gasteiger partial charge >= 0.3 is 11.6 Å². The summed E-state index contributed by atoms with van der Waals surface area (Å²) < 4.78 is 11.3. The van der Waals surface area contributed by atoms with Gasteiger partial charge in [0.05, 0.1) is 0 Å². The van der Waals surface area contributed by atoms with Crippen molar-refractivity contribution in [2.75, 3.05) is 6.54 Å². The van der Waals surface area contributed by atoms with Gasteiger partial charge in [0.25, 0.3) is 5.91 Å². The van der Waals surface area contributed by atoms with Crippen LogP contribution in [0.1, 0.15) is 42.3 Å². The highest BCUT2D eigenvalue weighted by Gasteiger charge is 2.35. The molecule has 204 valence electrons. The van der Waals surface area contributed by atoms with Crippen molar-refractivity contribution in [3.05, 3.63) is 118 Å². The van der Waals surface area contributed by atoms with Crippen molar-refractivity contribution in [1.82, 2.24) is 9.88 Å². The number of aromatic amines is 1. The summed E-state index contributed by atoms with van der Waals surface area (Å²) in [5, 5.41) is 1.66. The number of esters is 1. The molecule has 0 radical (unpaired) electrons. The van der Waals surface area contributed by atoms with E-state index in [1.807, 2.05) is 66.9 Å². The summed E-state index contributed by atoms with van der Waals surface area (Å²) in [5.74, 6) is -1.11. The molecule has 0 aliphatic rings. The third-order valence-electron chi connectivity index (χ3n) is 6.76. The first-order chi connectivity index (χ1) is 19.2. The van der Waals surface area contributed by atoms with Crippen molar-refractivity contribution < 1.29 is 18.7 Å². The highest BCUT2D eigenvalue weighted by Crippen LogP contribution is 2.22. The van der Waals surface area contributed by atoms with Gasteiger partial charge in [0.2, 0.25) is 0 Å². The van der Waals surface area contributed by atoms with Crippen LogP contribution in [0.25, 0.3) is 21.9 Å². The third kappa shape index (κ3) is 5.99. The molecule has 0 aliphatic heterocycles. The molecule has 5 rings (SSSR count). The molecular weight excluding hydrogens is 504 g/mol. The average molecular weight is 537 g/mol. The predicted molar refractivity (Wildman–Crippen MR) is 155 cm³/mol. The summed E-state index contributed by atoms with van der Waals surface area (Å²) in [5.41, 5.74) is 1.61. The van der Waals surface area contributed by atoms with Crippen molar-refractivity contribution in [3.63, 3.8) is 0 Å². The number of amides is 1. The fraction of sp³-hybridized carbons (Fsp3) is 0.242. The number of para-hydroxylation sites is 2. The van der Waals surface area contributed by atoms with E-state index < -0.39 is 29.1 Å². The molecule has 2 heterocycles. The first-order valence-corrected chi connectivity index (χ1v) is 13.4. The van der Waals surface area contributed by atoms with E-state index in [1.54, 1.807) is 39.0 Å². The molecule has 0 unspecified atom stereocenters. The van der Waals surface area contributed by atoms with Crippen LogP contribution in [-0.2, 0) is 22.4 Å². The SMILES string of the molecule is CC(C)(C)OC(=O)[C@H](Cc1ccccc1)N(CCc1c[nH]c2ccccc12)C(=O)c1cc2ccccc2oc1=O. The fourth-order valence-corrected chi connectivity index (χ4v) is 4.87. The van der Waals surface area contributed by atoms with Crippen LogP contribution in [-0.4, -0.2) is 39.9 Å². The molecule has 2 aromatic heterocycles. The van der Waals surface area contributed by atoms with Gasteiger partial charge in [0, 0.05) is 35.5 Å². The van der Waals surface area contributed by atoms with Gasteiger partial charge in [0.15, 0.2) is 0 Å². The first kappa shape index (κ1) is 26.9. The summed E-state index contributed by atoms with van der Waals surface area (Å²) in [6.45, 7) is 5.56. The number of hydrogen-bond donors (Lipinski definition) is 1. The number of benzene rings is 3. The maximum Gasteiger partial charge on any atom is 0.349 e. The zero-order valence-corrected chi connectivity index (χ0v) is 22.8. The minimum absolute atomic E-state index is 0.126. The lowest BCUT2D eigenvalue weighted by atomic mass is 10.0. The Kier molecular flexibility index (Phi) is 7.56. The zero-order chi connectivity index (χ0) is 28.3. The summed E-state index contributed by atoms with van der Waals surface area (Å²) >= 11 is 0. The molecule has 0 bridgehead atoms.